The highest BCUT2D eigenvalue weighted by atomic mass is 79.9. The van der Waals surface area contributed by atoms with Crippen LogP contribution in [0.5, 0.6) is 0 Å². The first kappa shape index (κ1) is 17.1. The molecule has 2 aromatic rings. The number of likely N-dealkylation sites (N-methyl/N-ethyl adjacent to an activating group) is 1. The lowest BCUT2D eigenvalue weighted by Gasteiger charge is -2.16. The van der Waals surface area contributed by atoms with E-state index < -0.39 is 10.8 Å². The van der Waals surface area contributed by atoms with Gasteiger partial charge in [0.25, 0.3) is 5.91 Å². The second-order valence-electron chi connectivity index (χ2n) is 4.58. The Hall–Kier alpha value is -2.26. The van der Waals surface area contributed by atoms with Gasteiger partial charge in [0.05, 0.1) is 22.0 Å². The number of hydrogen-bond donors (Lipinski definition) is 1. The Bertz CT molecular complexity index is 762. The molecule has 2 amide bonds. The third-order valence-corrected chi connectivity index (χ3v) is 4.57. The number of nitrogens with one attached hydrogen (secondary N) is 1. The number of rotatable bonds is 5. The van der Waals surface area contributed by atoms with Gasteiger partial charge in [0.2, 0.25) is 5.91 Å². The number of para-hydroxylation sites is 1. The Morgan fingerprint density at radius 1 is 1.30 bits per heavy atom. The second kappa shape index (κ2) is 7.34. The quantitative estimate of drug-likeness (QED) is 0.619. The monoisotopic (exact) mass is 397 g/mol. The number of carbonyl (C=O) groups is 2. The summed E-state index contributed by atoms with van der Waals surface area (Å²) in [6.07, 6.45) is 0. The van der Waals surface area contributed by atoms with Gasteiger partial charge in [-0.05, 0) is 34.1 Å². The van der Waals surface area contributed by atoms with Crippen LogP contribution in [0.2, 0.25) is 0 Å². The summed E-state index contributed by atoms with van der Waals surface area (Å²) in [4.78, 5) is 35.7. The molecule has 0 bridgehead atoms. The molecular weight excluding hydrogens is 386 g/mol. The van der Waals surface area contributed by atoms with E-state index in [1.54, 1.807) is 18.2 Å². The summed E-state index contributed by atoms with van der Waals surface area (Å²) in [5, 5.41) is 13.2. The Morgan fingerprint density at radius 3 is 2.61 bits per heavy atom. The number of nitro groups is 1. The van der Waals surface area contributed by atoms with E-state index in [-0.39, 0.29) is 22.3 Å². The van der Waals surface area contributed by atoms with Crippen molar-refractivity contribution in [1.82, 2.24) is 4.90 Å². The molecule has 0 saturated carbocycles. The van der Waals surface area contributed by atoms with Gasteiger partial charge in [-0.25, -0.2) is 0 Å². The van der Waals surface area contributed by atoms with Crippen molar-refractivity contribution >= 4 is 49.8 Å². The number of nitrogens with zero attached hydrogens (tertiary/aromatic N) is 2. The van der Waals surface area contributed by atoms with Gasteiger partial charge in [-0.2, -0.15) is 0 Å². The highest BCUT2D eigenvalue weighted by Gasteiger charge is 2.20. The van der Waals surface area contributed by atoms with Gasteiger partial charge in [-0.3, -0.25) is 19.7 Å². The van der Waals surface area contributed by atoms with Crippen molar-refractivity contribution in [3.63, 3.8) is 0 Å². The molecule has 0 fully saturated rings. The zero-order valence-electron chi connectivity index (χ0n) is 12.0. The van der Waals surface area contributed by atoms with E-state index in [0.29, 0.717) is 5.69 Å². The summed E-state index contributed by atoms with van der Waals surface area (Å²) < 4.78 is 0.733. The van der Waals surface area contributed by atoms with Gasteiger partial charge in [0.15, 0.2) is 0 Å². The molecule has 1 N–H and O–H groups in total. The molecule has 0 radical (unpaired) electrons. The minimum atomic E-state index is -0.554. The van der Waals surface area contributed by atoms with Crippen molar-refractivity contribution in [3.8, 4) is 0 Å². The van der Waals surface area contributed by atoms with Crippen molar-refractivity contribution < 1.29 is 14.5 Å². The van der Waals surface area contributed by atoms with Gasteiger partial charge >= 0.3 is 5.00 Å². The zero-order valence-corrected chi connectivity index (χ0v) is 14.4. The van der Waals surface area contributed by atoms with Crippen molar-refractivity contribution in [3.05, 3.63) is 55.9 Å². The largest absolute Gasteiger partial charge is 0.332 e. The Balaban J connectivity index is 1.98. The van der Waals surface area contributed by atoms with E-state index in [0.717, 1.165) is 15.8 Å². The number of anilines is 1. The van der Waals surface area contributed by atoms with Crippen LogP contribution in [-0.2, 0) is 4.79 Å². The fraction of sp³-hybridized carbons (Fsp3) is 0.143. The summed E-state index contributed by atoms with van der Waals surface area (Å²) in [5.41, 5.74) is 0.602. The standard InChI is InChI=1S/C14H12BrN3O4S/c1-17(14(20)11-6-7-13(23-11)18(21)22)8-12(19)16-10-5-3-2-4-9(10)15/h2-7H,8H2,1H3,(H,16,19). The zero-order chi connectivity index (χ0) is 17.0. The van der Waals surface area contributed by atoms with E-state index in [2.05, 4.69) is 21.2 Å². The van der Waals surface area contributed by atoms with E-state index in [4.69, 9.17) is 0 Å². The average Bonchev–Trinajstić information content (AvgIpc) is 2.98. The van der Waals surface area contributed by atoms with Crippen molar-refractivity contribution in [2.45, 2.75) is 0 Å². The molecule has 1 aromatic carbocycles. The lowest BCUT2D eigenvalue weighted by atomic mass is 10.3. The topological polar surface area (TPSA) is 92.6 Å². The number of carbonyl (C=O) groups excluding carboxylic acids is 2. The molecule has 120 valence electrons. The Morgan fingerprint density at radius 2 is 2.00 bits per heavy atom. The molecule has 1 aromatic heterocycles. The molecular formula is C14H12BrN3O4S. The van der Waals surface area contributed by atoms with E-state index in [9.17, 15) is 19.7 Å². The summed E-state index contributed by atoms with van der Waals surface area (Å²) in [6, 6.07) is 9.76. The van der Waals surface area contributed by atoms with Crippen LogP contribution in [0.25, 0.3) is 0 Å². The maximum absolute atomic E-state index is 12.2. The fourth-order valence-corrected chi connectivity index (χ4v) is 2.97. The van der Waals surface area contributed by atoms with Crippen LogP contribution in [0.3, 0.4) is 0 Å². The molecule has 23 heavy (non-hydrogen) atoms. The summed E-state index contributed by atoms with van der Waals surface area (Å²) in [5.74, 6) is -0.802. The molecule has 1 heterocycles. The SMILES string of the molecule is CN(CC(=O)Nc1ccccc1Br)C(=O)c1ccc([N+](=O)[O-])s1. The first-order valence-electron chi connectivity index (χ1n) is 6.42. The van der Waals surface area contributed by atoms with Crippen LogP contribution in [-0.4, -0.2) is 35.2 Å². The van der Waals surface area contributed by atoms with E-state index in [1.165, 1.54) is 24.1 Å². The molecule has 0 aliphatic heterocycles. The summed E-state index contributed by atoms with van der Waals surface area (Å²) in [6.45, 7) is -0.161. The molecule has 0 atom stereocenters. The van der Waals surface area contributed by atoms with Gasteiger partial charge in [0, 0.05) is 17.6 Å². The lowest BCUT2D eigenvalue weighted by Crippen LogP contribution is -2.34. The number of benzene rings is 1. The third-order valence-electron chi connectivity index (χ3n) is 2.86. The predicted octanol–water partition coefficient (Wildman–Crippen LogP) is 3.13. The summed E-state index contributed by atoms with van der Waals surface area (Å²) >= 11 is 4.10. The number of halogens is 1. The average molecular weight is 398 g/mol. The lowest BCUT2D eigenvalue weighted by molar-refractivity contribution is -0.380. The molecule has 0 spiro atoms. The van der Waals surface area contributed by atoms with Gasteiger partial charge in [0.1, 0.15) is 0 Å². The van der Waals surface area contributed by atoms with Crippen LogP contribution in [0.4, 0.5) is 10.7 Å². The smallest absolute Gasteiger partial charge is 0.324 e. The van der Waals surface area contributed by atoms with Crippen LogP contribution in [0, 0.1) is 10.1 Å². The third kappa shape index (κ3) is 4.36. The highest BCUT2D eigenvalue weighted by molar-refractivity contribution is 9.10. The minimum Gasteiger partial charge on any atom is -0.332 e. The first-order chi connectivity index (χ1) is 10.9. The van der Waals surface area contributed by atoms with E-state index in [1.807, 2.05) is 6.07 Å². The van der Waals surface area contributed by atoms with Gasteiger partial charge in [-0.1, -0.05) is 23.5 Å². The molecule has 2 rings (SSSR count). The number of amides is 2. The van der Waals surface area contributed by atoms with Crippen molar-refractivity contribution in [2.24, 2.45) is 0 Å². The first-order valence-corrected chi connectivity index (χ1v) is 8.03. The minimum absolute atomic E-state index is 0.112. The maximum atomic E-state index is 12.2. The van der Waals surface area contributed by atoms with Crippen molar-refractivity contribution in [2.75, 3.05) is 18.9 Å². The number of thiophene rings is 1. The van der Waals surface area contributed by atoms with Crippen LogP contribution < -0.4 is 5.32 Å². The molecule has 0 unspecified atom stereocenters. The predicted molar refractivity (Wildman–Crippen MR) is 90.7 cm³/mol. The van der Waals surface area contributed by atoms with Crippen LogP contribution >= 0.6 is 27.3 Å². The van der Waals surface area contributed by atoms with Gasteiger partial charge < -0.3 is 10.2 Å². The highest BCUT2D eigenvalue weighted by Crippen LogP contribution is 2.25. The van der Waals surface area contributed by atoms with Crippen molar-refractivity contribution in [1.29, 1.82) is 0 Å². The van der Waals surface area contributed by atoms with Crippen LogP contribution in [0.1, 0.15) is 9.67 Å². The Labute approximate surface area is 144 Å². The summed E-state index contributed by atoms with van der Waals surface area (Å²) in [7, 11) is 1.47. The fourth-order valence-electron chi connectivity index (χ4n) is 1.77. The normalized spacial score (nSPS) is 10.2. The molecule has 9 heteroatoms. The van der Waals surface area contributed by atoms with E-state index >= 15 is 0 Å². The Kier molecular flexibility index (Phi) is 5.45. The molecule has 0 aliphatic rings. The number of hydrogen-bond acceptors (Lipinski definition) is 5. The maximum Gasteiger partial charge on any atom is 0.324 e. The van der Waals surface area contributed by atoms with Crippen LogP contribution in [0.15, 0.2) is 40.9 Å². The second-order valence-corrected chi connectivity index (χ2v) is 6.50. The molecule has 0 saturated heterocycles. The molecule has 7 nitrogen and oxygen atoms in total. The molecule has 0 aliphatic carbocycles. The van der Waals surface area contributed by atoms with Gasteiger partial charge in [-0.15, -0.1) is 0 Å².